The van der Waals surface area contributed by atoms with E-state index in [-0.39, 0.29) is 0 Å². The van der Waals surface area contributed by atoms with Crippen molar-refractivity contribution in [3.05, 3.63) is 54.1 Å². The second-order valence-electron chi connectivity index (χ2n) is 7.21. The zero-order chi connectivity index (χ0) is 19.9. The van der Waals surface area contributed by atoms with Crippen LogP contribution in [0.2, 0.25) is 0 Å². The lowest BCUT2D eigenvalue weighted by Gasteiger charge is -2.22. The zero-order valence-corrected chi connectivity index (χ0v) is 16.7. The Balaban J connectivity index is 1.27. The minimum Gasteiger partial charge on any atom is -0.474 e. The van der Waals surface area contributed by atoms with Crippen LogP contribution in [0.15, 0.2) is 47.7 Å². The van der Waals surface area contributed by atoms with Crippen LogP contribution in [0.1, 0.15) is 43.5 Å². The van der Waals surface area contributed by atoms with Gasteiger partial charge in [-0.05, 0) is 43.4 Å². The Morgan fingerprint density at radius 2 is 1.97 bits per heavy atom. The molecular weight excluding hydrogens is 366 g/mol. The van der Waals surface area contributed by atoms with Gasteiger partial charge in [-0.1, -0.05) is 18.6 Å². The number of ether oxygens (including phenoxy) is 1. The molecule has 1 saturated carbocycles. The first kappa shape index (κ1) is 19.2. The lowest BCUT2D eigenvalue weighted by molar-refractivity contribution is 0.148. The summed E-state index contributed by atoms with van der Waals surface area (Å²) in [7, 11) is 1.75. The molecule has 0 amide bonds. The molecule has 152 valence electrons. The average molecular weight is 393 g/mol. The summed E-state index contributed by atoms with van der Waals surface area (Å²) in [5, 5.41) is 14.9. The van der Waals surface area contributed by atoms with Crippen LogP contribution in [0.3, 0.4) is 0 Å². The van der Waals surface area contributed by atoms with E-state index in [1.165, 1.54) is 19.3 Å². The Labute approximate surface area is 170 Å². The summed E-state index contributed by atoms with van der Waals surface area (Å²) < 4.78 is 7.94. The molecule has 8 nitrogen and oxygen atoms in total. The molecule has 3 aromatic heterocycles. The molecule has 1 aliphatic rings. The molecule has 0 atom stereocenters. The van der Waals surface area contributed by atoms with Gasteiger partial charge in [-0.25, -0.2) is 4.98 Å². The molecule has 0 unspecified atom stereocenters. The van der Waals surface area contributed by atoms with Crippen molar-refractivity contribution in [3.63, 3.8) is 0 Å². The fraction of sp³-hybridized carbons (Fsp3) is 0.429. The first-order valence-electron chi connectivity index (χ1n) is 10.2. The first-order valence-corrected chi connectivity index (χ1v) is 10.2. The molecule has 3 heterocycles. The van der Waals surface area contributed by atoms with Crippen molar-refractivity contribution in [2.45, 2.75) is 51.3 Å². The van der Waals surface area contributed by atoms with Crippen molar-refractivity contribution in [2.24, 2.45) is 4.99 Å². The van der Waals surface area contributed by atoms with E-state index in [2.05, 4.69) is 30.8 Å². The quantitative estimate of drug-likeness (QED) is 0.494. The van der Waals surface area contributed by atoms with Gasteiger partial charge in [-0.3, -0.25) is 9.39 Å². The molecule has 3 aromatic rings. The van der Waals surface area contributed by atoms with Crippen molar-refractivity contribution in [3.8, 4) is 5.88 Å². The highest BCUT2D eigenvalue weighted by molar-refractivity contribution is 5.79. The number of guanidine groups is 1. The topological polar surface area (TPSA) is 88.7 Å². The van der Waals surface area contributed by atoms with Gasteiger partial charge in [0.15, 0.2) is 17.4 Å². The second kappa shape index (κ2) is 9.36. The molecular formula is C21H27N7O. The average Bonchev–Trinajstić information content (AvgIpc) is 3.19. The number of aromatic nitrogens is 4. The molecule has 8 heteroatoms. The highest BCUT2D eigenvalue weighted by atomic mass is 16.5. The summed E-state index contributed by atoms with van der Waals surface area (Å²) in [6, 6.07) is 9.82. The van der Waals surface area contributed by atoms with Gasteiger partial charge in [0.25, 0.3) is 0 Å². The normalized spacial score (nSPS) is 15.4. The van der Waals surface area contributed by atoms with Gasteiger partial charge in [-0.15, -0.1) is 10.2 Å². The van der Waals surface area contributed by atoms with Crippen LogP contribution in [0.4, 0.5) is 0 Å². The van der Waals surface area contributed by atoms with Crippen molar-refractivity contribution in [2.75, 3.05) is 7.05 Å². The van der Waals surface area contributed by atoms with E-state index in [1.54, 1.807) is 7.05 Å². The van der Waals surface area contributed by atoms with E-state index in [0.29, 0.717) is 31.0 Å². The Kier molecular flexibility index (Phi) is 6.19. The molecule has 1 fully saturated rings. The molecule has 1 aliphatic carbocycles. The van der Waals surface area contributed by atoms with Gasteiger partial charge in [0, 0.05) is 32.1 Å². The van der Waals surface area contributed by atoms with Crippen LogP contribution < -0.4 is 15.4 Å². The Hall–Kier alpha value is -3.16. The molecule has 29 heavy (non-hydrogen) atoms. The van der Waals surface area contributed by atoms with Gasteiger partial charge < -0.3 is 15.4 Å². The summed E-state index contributed by atoms with van der Waals surface area (Å²) in [4.78, 5) is 8.72. The fourth-order valence-electron chi connectivity index (χ4n) is 3.52. The standard InChI is InChI=1S/C21H27N7O/c1-22-21(25-15-19-27-26-18-9-5-6-12-28(18)19)24-14-16-10-11-20(23-13-16)29-17-7-3-2-4-8-17/h5-6,9-13,17H,2-4,7-8,14-15H2,1H3,(H2,22,24,25). The van der Waals surface area contributed by atoms with Crippen molar-refractivity contribution >= 4 is 11.6 Å². The van der Waals surface area contributed by atoms with E-state index in [4.69, 9.17) is 4.74 Å². The minimum atomic E-state index is 0.316. The highest BCUT2D eigenvalue weighted by Crippen LogP contribution is 2.22. The third-order valence-corrected chi connectivity index (χ3v) is 5.12. The van der Waals surface area contributed by atoms with Gasteiger partial charge in [0.1, 0.15) is 6.10 Å². The minimum absolute atomic E-state index is 0.316. The van der Waals surface area contributed by atoms with Crippen molar-refractivity contribution < 1.29 is 4.74 Å². The summed E-state index contributed by atoms with van der Waals surface area (Å²) in [6.07, 6.45) is 10.2. The van der Waals surface area contributed by atoms with Crippen molar-refractivity contribution in [1.82, 2.24) is 30.2 Å². The third-order valence-electron chi connectivity index (χ3n) is 5.12. The lowest BCUT2D eigenvalue weighted by Crippen LogP contribution is -2.36. The number of aliphatic imine (C=N–C) groups is 1. The Bertz CT molecular complexity index is 945. The number of nitrogens with one attached hydrogen (secondary N) is 2. The van der Waals surface area contributed by atoms with E-state index in [0.717, 1.165) is 29.9 Å². The summed E-state index contributed by atoms with van der Waals surface area (Å²) in [5.41, 5.74) is 1.89. The monoisotopic (exact) mass is 393 g/mol. The maximum absolute atomic E-state index is 5.99. The predicted molar refractivity (Wildman–Crippen MR) is 112 cm³/mol. The van der Waals surface area contributed by atoms with E-state index in [9.17, 15) is 0 Å². The Morgan fingerprint density at radius 1 is 1.10 bits per heavy atom. The maximum Gasteiger partial charge on any atom is 0.213 e. The van der Waals surface area contributed by atoms with Crippen LogP contribution in [0.5, 0.6) is 5.88 Å². The van der Waals surface area contributed by atoms with Crippen LogP contribution in [0.25, 0.3) is 5.65 Å². The zero-order valence-electron chi connectivity index (χ0n) is 16.7. The molecule has 0 saturated heterocycles. The van der Waals surface area contributed by atoms with Gasteiger partial charge in [0.05, 0.1) is 6.54 Å². The van der Waals surface area contributed by atoms with E-state index >= 15 is 0 Å². The number of nitrogens with zero attached hydrogens (tertiary/aromatic N) is 5. The maximum atomic E-state index is 5.99. The largest absolute Gasteiger partial charge is 0.474 e. The van der Waals surface area contributed by atoms with Crippen LogP contribution >= 0.6 is 0 Å². The highest BCUT2D eigenvalue weighted by Gasteiger charge is 2.15. The summed E-state index contributed by atoms with van der Waals surface area (Å²) >= 11 is 0. The molecule has 0 spiro atoms. The van der Waals surface area contributed by atoms with E-state index < -0.39 is 0 Å². The molecule has 0 aliphatic heterocycles. The van der Waals surface area contributed by atoms with Gasteiger partial charge >= 0.3 is 0 Å². The smallest absolute Gasteiger partial charge is 0.213 e. The van der Waals surface area contributed by atoms with Crippen LogP contribution in [-0.4, -0.2) is 38.7 Å². The molecule has 2 N–H and O–H groups in total. The number of hydrogen-bond acceptors (Lipinski definition) is 5. The summed E-state index contributed by atoms with van der Waals surface area (Å²) in [6.45, 7) is 1.15. The lowest BCUT2D eigenvalue weighted by atomic mass is 9.98. The number of pyridine rings is 2. The molecule has 0 aromatic carbocycles. The second-order valence-corrected chi connectivity index (χ2v) is 7.21. The number of fused-ring (bicyclic) bond motifs is 1. The number of hydrogen-bond donors (Lipinski definition) is 2. The molecule has 0 bridgehead atoms. The third kappa shape index (κ3) is 5.01. The SMILES string of the molecule is CN=C(NCc1ccc(OC2CCCCC2)nc1)NCc1nnc2ccccn12. The van der Waals surface area contributed by atoms with Crippen molar-refractivity contribution in [1.29, 1.82) is 0 Å². The first-order chi connectivity index (χ1) is 14.3. The molecule has 4 rings (SSSR count). The van der Waals surface area contributed by atoms with Gasteiger partial charge in [0.2, 0.25) is 5.88 Å². The number of rotatable bonds is 6. The van der Waals surface area contributed by atoms with Crippen LogP contribution in [-0.2, 0) is 13.1 Å². The van der Waals surface area contributed by atoms with Gasteiger partial charge in [-0.2, -0.15) is 0 Å². The summed E-state index contributed by atoms with van der Waals surface area (Å²) in [5.74, 6) is 2.23. The predicted octanol–water partition coefficient (Wildman–Crippen LogP) is 2.70. The Morgan fingerprint density at radius 3 is 2.76 bits per heavy atom. The van der Waals surface area contributed by atoms with Crippen LogP contribution in [0, 0.1) is 0 Å². The molecule has 0 radical (unpaired) electrons. The fourth-order valence-corrected chi connectivity index (χ4v) is 3.52. The van der Waals surface area contributed by atoms with E-state index in [1.807, 2.05) is 47.1 Å².